The maximum atomic E-state index is 5.70. The van der Waals surface area contributed by atoms with Crippen LogP contribution in [0.5, 0.6) is 0 Å². The largest absolute Gasteiger partial charge is 0.381 e. The Morgan fingerprint density at radius 3 is 2.42 bits per heavy atom. The normalized spacial score (nSPS) is 21.3. The van der Waals surface area contributed by atoms with E-state index in [4.69, 9.17) is 9.47 Å². The summed E-state index contributed by atoms with van der Waals surface area (Å²) in [5, 5.41) is 6.77. The van der Waals surface area contributed by atoms with E-state index >= 15 is 0 Å². The maximum Gasteiger partial charge on any atom is 0.191 e. The molecule has 19 heavy (non-hydrogen) atoms. The molecule has 1 saturated heterocycles. The molecule has 1 fully saturated rings. The van der Waals surface area contributed by atoms with E-state index in [1.807, 2.05) is 0 Å². The van der Waals surface area contributed by atoms with Crippen LogP contribution in [0.15, 0.2) is 4.99 Å². The molecule has 1 unspecified atom stereocenters. The zero-order chi connectivity index (χ0) is 14.3. The summed E-state index contributed by atoms with van der Waals surface area (Å²) in [4.78, 5) is 4.27. The Labute approximate surface area is 117 Å². The lowest BCUT2D eigenvalue weighted by Gasteiger charge is -2.36. The second-order valence-electron chi connectivity index (χ2n) is 5.60. The van der Waals surface area contributed by atoms with Gasteiger partial charge >= 0.3 is 0 Å². The molecule has 0 spiro atoms. The fraction of sp³-hybridized carbons (Fsp3) is 0.929. The number of guanidine groups is 1. The van der Waals surface area contributed by atoms with Gasteiger partial charge in [0.15, 0.2) is 5.96 Å². The zero-order valence-electron chi connectivity index (χ0n) is 13.0. The maximum absolute atomic E-state index is 5.70. The molecule has 5 nitrogen and oxygen atoms in total. The molecule has 0 amide bonds. The number of rotatable bonds is 5. The summed E-state index contributed by atoms with van der Waals surface area (Å²) in [5.41, 5.74) is -0.128. The van der Waals surface area contributed by atoms with Crippen LogP contribution < -0.4 is 10.6 Å². The Bertz CT molecular complexity index is 286. The summed E-state index contributed by atoms with van der Waals surface area (Å²) in [6.07, 6.45) is 1.85. The first-order valence-corrected chi connectivity index (χ1v) is 7.13. The first-order chi connectivity index (χ1) is 9.03. The number of nitrogens with one attached hydrogen (secondary N) is 2. The van der Waals surface area contributed by atoms with E-state index in [-0.39, 0.29) is 5.60 Å². The van der Waals surface area contributed by atoms with E-state index in [1.54, 1.807) is 14.2 Å². The Kier molecular flexibility index (Phi) is 6.58. The van der Waals surface area contributed by atoms with Gasteiger partial charge in [-0.25, -0.2) is 0 Å². The first-order valence-electron chi connectivity index (χ1n) is 7.13. The number of aliphatic imine (C=N–C) groups is 1. The van der Waals surface area contributed by atoms with Gasteiger partial charge < -0.3 is 20.1 Å². The summed E-state index contributed by atoms with van der Waals surface area (Å²) < 4.78 is 11.1. The van der Waals surface area contributed by atoms with Gasteiger partial charge in [-0.05, 0) is 12.8 Å². The molecule has 1 atom stereocenters. The molecule has 0 bridgehead atoms. The monoisotopic (exact) mass is 271 g/mol. The van der Waals surface area contributed by atoms with Crippen LogP contribution in [0, 0.1) is 5.92 Å². The van der Waals surface area contributed by atoms with E-state index in [0.29, 0.717) is 12.0 Å². The molecule has 1 rings (SSSR count). The molecule has 2 N–H and O–H groups in total. The molecule has 5 heteroatoms. The summed E-state index contributed by atoms with van der Waals surface area (Å²) in [6, 6.07) is 0.388. The minimum atomic E-state index is -0.128. The van der Waals surface area contributed by atoms with E-state index in [0.717, 1.165) is 38.6 Å². The van der Waals surface area contributed by atoms with Gasteiger partial charge in [-0.2, -0.15) is 0 Å². The average molecular weight is 271 g/mol. The number of nitrogens with zero attached hydrogens (tertiary/aromatic N) is 1. The molecule has 1 heterocycles. The van der Waals surface area contributed by atoms with Crippen LogP contribution in [-0.2, 0) is 9.47 Å². The van der Waals surface area contributed by atoms with Crippen molar-refractivity contribution in [3.05, 3.63) is 0 Å². The van der Waals surface area contributed by atoms with E-state index in [9.17, 15) is 0 Å². The van der Waals surface area contributed by atoms with Gasteiger partial charge in [0.1, 0.15) is 0 Å². The number of methoxy groups -OCH3 is 1. The first kappa shape index (κ1) is 16.2. The molecule has 112 valence electrons. The molecule has 1 aliphatic rings. The number of hydrogen-bond donors (Lipinski definition) is 2. The molecule has 0 aromatic heterocycles. The topological polar surface area (TPSA) is 54.9 Å². The van der Waals surface area contributed by atoms with Crippen LogP contribution in [0.4, 0.5) is 0 Å². The Morgan fingerprint density at radius 2 is 1.95 bits per heavy atom. The van der Waals surface area contributed by atoms with Crippen LogP contribution in [0.2, 0.25) is 0 Å². The van der Waals surface area contributed by atoms with Gasteiger partial charge in [0.05, 0.1) is 5.60 Å². The second-order valence-corrected chi connectivity index (χ2v) is 5.60. The number of hydrogen-bond acceptors (Lipinski definition) is 3. The van der Waals surface area contributed by atoms with E-state index in [1.165, 1.54) is 0 Å². The van der Waals surface area contributed by atoms with Crippen LogP contribution in [0.25, 0.3) is 0 Å². The van der Waals surface area contributed by atoms with Crippen LogP contribution in [0.3, 0.4) is 0 Å². The average Bonchev–Trinajstić information content (AvgIpc) is 2.44. The second kappa shape index (κ2) is 7.70. The molecule has 0 aromatic carbocycles. The van der Waals surface area contributed by atoms with Crippen molar-refractivity contribution in [2.45, 2.75) is 45.3 Å². The minimum Gasteiger partial charge on any atom is -0.381 e. The summed E-state index contributed by atoms with van der Waals surface area (Å²) in [6.45, 7) is 8.85. The van der Waals surface area contributed by atoms with Crippen molar-refractivity contribution in [1.82, 2.24) is 10.6 Å². The zero-order valence-corrected chi connectivity index (χ0v) is 13.0. The van der Waals surface area contributed by atoms with E-state index < -0.39 is 0 Å². The van der Waals surface area contributed by atoms with Gasteiger partial charge in [-0.15, -0.1) is 0 Å². The SMILES string of the molecule is CN=C(NCC1(OC)CCOCC1)NC(C)C(C)C. The molecule has 0 radical (unpaired) electrons. The van der Waals surface area contributed by atoms with Crippen molar-refractivity contribution in [2.75, 3.05) is 33.9 Å². The Balaban J connectivity index is 2.47. The van der Waals surface area contributed by atoms with Crippen LogP contribution >= 0.6 is 0 Å². The highest BCUT2D eigenvalue weighted by Crippen LogP contribution is 2.23. The highest BCUT2D eigenvalue weighted by atomic mass is 16.5. The summed E-state index contributed by atoms with van der Waals surface area (Å²) in [7, 11) is 3.58. The minimum absolute atomic E-state index is 0.128. The molecular formula is C14H29N3O2. The quantitative estimate of drug-likeness (QED) is 0.586. The predicted molar refractivity (Wildman–Crippen MR) is 78.6 cm³/mol. The fourth-order valence-electron chi connectivity index (χ4n) is 2.02. The van der Waals surface area contributed by atoms with E-state index in [2.05, 4.69) is 36.4 Å². The van der Waals surface area contributed by atoms with Gasteiger partial charge in [0.25, 0.3) is 0 Å². The van der Waals surface area contributed by atoms with Crippen molar-refractivity contribution in [1.29, 1.82) is 0 Å². The third-order valence-corrected chi connectivity index (χ3v) is 4.00. The molecule has 1 aliphatic heterocycles. The highest BCUT2D eigenvalue weighted by molar-refractivity contribution is 5.80. The van der Waals surface area contributed by atoms with Gasteiger partial charge in [-0.1, -0.05) is 13.8 Å². The van der Waals surface area contributed by atoms with Crippen molar-refractivity contribution in [3.8, 4) is 0 Å². The van der Waals surface area contributed by atoms with Crippen molar-refractivity contribution < 1.29 is 9.47 Å². The third-order valence-electron chi connectivity index (χ3n) is 4.00. The summed E-state index contributed by atoms with van der Waals surface area (Å²) >= 11 is 0. The van der Waals surface area contributed by atoms with Crippen molar-refractivity contribution in [3.63, 3.8) is 0 Å². The van der Waals surface area contributed by atoms with Crippen molar-refractivity contribution in [2.24, 2.45) is 10.9 Å². The van der Waals surface area contributed by atoms with Gasteiger partial charge in [-0.3, -0.25) is 4.99 Å². The molecular weight excluding hydrogens is 242 g/mol. The smallest absolute Gasteiger partial charge is 0.191 e. The lowest BCUT2D eigenvalue weighted by molar-refractivity contribution is -0.0855. The summed E-state index contributed by atoms with van der Waals surface area (Å²) in [5.74, 6) is 1.40. The third kappa shape index (κ3) is 4.99. The lowest BCUT2D eigenvalue weighted by Crippen LogP contribution is -2.52. The van der Waals surface area contributed by atoms with Crippen LogP contribution in [-0.4, -0.2) is 51.5 Å². The van der Waals surface area contributed by atoms with Crippen LogP contribution in [0.1, 0.15) is 33.6 Å². The van der Waals surface area contributed by atoms with Gasteiger partial charge in [0.2, 0.25) is 0 Å². The molecule has 0 saturated carbocycles. The molecule has 0 aromatic rings. The Hall–Kier alpha value is -0.810. The molecule has 0 aliphatic carbocycles. The van der Waals surface area contributed by atoms with Crippen molar-refractivity contribution >= 4 is 5.96 Å². The Morgan fingerprint density at radius 1 is 1.32 bits per heavy atom. The number of ether oxygens (including phenoxy) is 2. The highest BCUT2D eigenvalue weighted by Gasteiger charge is 2.32. The van der Waals surface area contributed by atoms with Gasteiger partial charge in [0, 0.05) is 52.8 Å². The standard InChI is InChI=1S/C14H29N3O2/c1-11(2)12(3)17-13(15-4)16-10-14(18-5)6-8-19-9-7-14/h11-12H,6-10H2,1-5H3,(H2,15,16,17). The fourth-order valence-corrected chi connectivity index (χ4v) is 2.02. The predicted octanol–water partition coefficient (Wildman–Crippen LogP) is 1.39. The lowest BCUT2D eigenvalue weighted by atomic mass is 9.94.